The molecule has 1 N–H and O–H groups in total. The van der Waals surface area contributed by atoms with Gasteiger partial charge in [-0.25, -0.2) is 9.97 Å². The van der Waals surface area contributed by atoms with E-state index in [2.05, 4.69) is 28.4 Å². The molecular formula is C14H17N3O2S. The molecule has 2 aromatic rings. The Balaban J connectivity index is 1.93. The summed E-state index contributed by atoms with van der Waals surface area (Å²) in [5, 5.41) is 9.60. The Hall–Kier alpha value is -1.56. The van der Waals surface area contributed by atoms with Crippen LogP contribution in [0.2, 0.25) is 0 Å². The van der Waals surface area contributed by atoms with Crippen molar-refractivity contribution < 1.29 is 9.90 Å². The number of aliphatic carboxylic acids is 1. The van der Waals surface area contributed by atoms with Gasteiger partial charge in [0.2, 0.25) is 0 Å². The van der Waals surface area contributed by atoms with Gasteiger partial charge >= 0.3 is 5.97 Å². The minimum Gasteiger partial charge on any atom is -0.481 e. The number of imidazole rings is 1. The van der Waals surface area contributed by atoms with Crippen molar-refractivity contribution in [2.45, 2.75) is 32.0 Å². The third kappa shape index (κ3) is 2.52. The zero-order chi connectivity index (χ0) is 14.3. The van der Waals surface area contributed by atoms with Gasteiger partial charge in [-0.2, -0.15) is 0 Å². The van der Waals surface area contributed by atoms with Gasteiger partial charge in [-0.1, -0.05) is 25.6 Å². The second-order valence-corrected chi connectivity index (χ2v) is 6.87. The first-order chi connectivity index (χ1) is 9.47. The van der Waals surface area contributed by atoms with Crippen molar-refractivity contribution in [3.63, 3.8) is 0 Å². The van der Waals surface area contributed by atoms with E-state index in [1.54, 1.807) is 6.20 Å². The first kappa shape index (κ1) is 13.4. The van der Waals surface area contributed by atoms with Crippen LogP contribution in [-0.4, -0.2) is 31.4 Å². The van der Waals surface area contributed by atoms with Gasteiger partial charge in [0.15, 0.2) is 10.8 Å². The van der Waals surface area contributed by atoms with Gasteiger partial charge < -0.3 is 9.67 Å². The maximum absolute atomic E-state index is 10.8. The van der Waals surface area contributed by atoms with E-state index >= 15 is 0 Å². The smallest absolute Gasteiger partial charge is 0.313 e. The summed E-state index contributed by atoms with van der Waals surface area (Å²) in [6.07, 6.45) is 2.95. The number of nitrogens with zero attached hydrogens (tertiary/aromatic N) is 3. The molecular weight excluding hydrogens is 274 g/mol. The predicted molar refractivity (Wildman–Crippen MR) is 77.8 cm³/mol. The average molecular weight is 291 g/mol. The first-order valence-electron chi connectivity index (χ1n) is 6.63. The Kier molecular flexibility index (Phi) is 3.20. The molecule has 106 valence electrons. The van der Waals surface area contributed by atoms with Crippen LogP contribution < -0.4 is 0 Å². The van der Waals surface area contributed by atoms with Crippen LogP contribution in [0, 0.1) is 11.3 Å². The summed E-state index contributed by atoms with van der Waals surface area (Å²) in [5.41, 5.74) is 2.06. The number of rotatable bonds is 5. The normalized spacial score (nSPS) is 20.2. The van der Waals surface area contributed by atoms with Gasteiger partial charge in [0.1, 0.15) is 5.52 Å². The molecule has 5 nitrogen and oxygen atoms in total. The van der Waals surface area contributed by atoms with Crippen LogP contribution in [-0.2, 0) is 11.3 Å². The average Bonchev–Trinajstić information content (AvgIpc) is 2.84. The van der Waals surface area contributed by atoms with E-state index < -0.39 is 5.97 Å². The molecule has 0 radical (unpaired) electrons. The minimum absolute atomic E-state index is 0.0252. The molecule has 6 heteroatoms. The lowest BCUT2D eigenvalue weighted by atomic mass is 10.1. The van der Waals surface area contributed by atoms with Crippen molar-refractivity contribution in [3.8, 4) is 0 Å². The molecule has 0 saturated heterocycles. The summed E-state index contributed by atoms with van der Waals surface area (Å²) >= 11 is 1.26. The minimum atomic E-state index is -0.826. The molecule has 0 bridgehead atoms. The van der Waals surface area contributed by atoms with E-state index in [1.165, 1.54) is 18.2 Å². The molecule has 0 aromatic carbocycles. The van der Waals surface area contributed by atoms with Crippen molar-refractivity contribution in [2.75, 3.05) is 5.75 Å². The van der Waals surface area contributed by atoms with Crippen molar-refractivity contribution in [1.29, 1.82) is 0 Å². The number of hydrogen-bond acceptors (Lipinski definition) is 4. The fourth-order valence-corrected chi connectivity index (χ4v) is 3.18. The molecule has 1 aliphatic rings. The highest BCUT2D eigenvalue weighted by Gasteiger charge is 2.45. The fraction of sp³-hybridized carbons (Fsp3) is 0.500. The van der Waals surface area contributed by atoms with Crippen molar-refractivity contribution in [2.24, 2.45) is 11.3 Å². The molecule has 2 heterocycles. The Labute approximate surface area is 121 Å². The van der Waals surface area contributed by atoms with Crippen LogP contribution in [0.25, 0.3) is 11.2 Å². The number of aromatic nitrogens is 3. The SMILES string of the molecule is CC1(C)CC1Cn1c(SCC(=O)O)nc2cccnc21. The molecule has 1 saturated carbocycles. The largest absolute Gasteiger partial charge is 0.481 e. The van der Waals surface area contributed by atoms with E-state index in [0.29, 0.717) is 11.3 Å². The molecule has 0 spiro atoms. The highest BCUT2D eigenvalue weighted by Crippen LogP contribution is 2.52. The van der Waals surface area contributed by atoms with Crippen LogP contribution >= 0.6 is 11.8 Å². The van der Waals surface area contributed by atoms with Gasteiger partial charge in [-0.3, -0.25) is 4.79 Å². The van der Waals surface area contributed by atoms with Gasteiger partial charge in [-0.15, -0.1) is 0 Å². The predicted octanol–water partition coefficient (Wildman–Crippen LogP) is 2.65. The van der Waals surface area contributed by atoms with Crippen LogP contribution in [0.4, 0.5) is 0 Å². The zero-order valence-electron chi connectivity index (χ0n) is 11.5. The van der Waals surface area contributed by atoms with E-state index in [-0.39, 0.29) is 5.75 Å². The first-order valence-corrected chi connectivity index (χ1v) is 7.62. The lowest BCUT2D eigenvalue weighted by Gasteiger charge is -2.08. The molecule has 1 fully saturated rings. The second kappa shape index (κ2) is 4.77. The number of carboxylic acids is 1. The lowest BCUT2D eigenvalue weighted by Crippen LogP contribution is -2.07. The lowest BCUT2D eigenvalue weighted by molar-refractivity contribution is -0.133. The van der Waals surface area contributed by atoms with Gasteiger partial charge in [0, 0.05) is 12.7 Å². The summed E-state index contributed by atoms with van der Waals surface area (Å²) in [5.74, 6) is -0.184. The Morgan fingerprint density at radius 2 is 2.35 bits per heavy atom. The number of thioether (sulfide) groups is 1. The van der Waals surface area contributed by atoms with E-state index in [9.17, 15) is 4.79 Å². The number of carboxylic acid groups (broad SMARTS) is 1. The molecule has 0 amide bonds. The van der Waals surface area contributed by atoms with Gasteiger partial charge in [0.25, 0.3) is 0 Å². The van der Waals surface area contributed by atoms with Crippen LogP contribution in [0.15, 0.2) is 23.5 Å². The number of hydrogen-bond donors (Lipinski definition) is 1. The molecule has 1 unspecified atom stereocenters. The molecule has 20 heavy (non-hydrogen) atoms. The van der Waals surface area contributed by atoms with E-state index in [1.807, 2.05) is 12.1 Å². The van der Waals surface area contributed by atoms with Crippen LogP contribution in [0.3, 0.4) is 0 Å². The van der Waals surface area contributed by atoms with Gasteiger partial charge in [-0.05, 0) is 29.9 Å². The van der Waals surface area contributed by atoms with Crippen LogP contribution in [0.1, 0.15) is 20.3 Å². The summed E-state index contributed by atoms with van der Waals surface area (Å²) in [4.78, 5) is 19.7. The topological polar surface area (TPSA) is 68.0 Å². The standard InChI is InChI=1S/C14H17N3O2S/c1-14(2)6-9(14)7-17-12-10(4-3-5-15-12)16-13(17)20-8-11(18)19/h3-5,9H,6-8H2,1-2H3,(H,18,19). The Morgan fingerprint density at radius 1 is 1.60 bits per heavy atom. The summed E-state index contributed by atoms with van der Waals surface area (Å²) in [6.45, 7) is 5.38. The summed E-state index contributed by atoms with van der Waals surface area (Å²) < 4.78 is 2.07. The maximum Gasteiger partial charge on any atom is 0.313 e. The molecule has 2 aromatic heterocycles. The third-order valence-corrected chi connectivity index (χ3v) is 4.88. The van der Waals surface area contributed by atoms with E-state index in [4.69, 9.17) is 5.11 Å². The highest BCUT2D eigenvalue weighted by molar-refractivity contribution is 7.99. The second-order valence-electron chi connectivity index (χ2n) is 5.92. The summed E-state index contributed by atoms with van der Waals surface area (Å²) in [6, 6.07) is 3.77. The number of pyridine rings is 1. The molecule has 0 aliphatic heterocycles. The molecule has 1 atom stereocenters. The zero-order valence-corrected chi connectivity index (χ0v) is 12.4. The van der Waals surface area contributed by atoms with Crippen LogP contribution in [0.5, 0.6) is 0 Å². The van der Waals surface area contributed by atoms with Crippen molar-refractivity contribution in [3.05, 3.63) is 18.3 Å². The Bertz CT molecular complexity index is 665. The fourth-order valence-electron chi connectivity index (χ4n) is 2.45. The Morgan fingerprint density at radius 3 is 3.00 bits per heavy atom. The summed E-state index contributed by atoms with van der Waals surface area (Å²) in [7, 11) is 0. The highest BCUT2D eigenvalue weighted by atomic mass is 32.2. The van der Waals surface area contributed by atoms with Crippen molar-refractivity contribution in [1.82, 2.24) is 14.5 Å². The maximum atomic E-state index is 10.8. The van der Waals surface area contributed by atoms with Crippen molar-refractivity contribution >= 4 is 28.9 Å². The quantitative estimate of drug-likeness (QED) is 0.858. The number of fused-ring (bicyclic) bond motifs is 1. The third-order valence-electron chi connectivity index (χ3n) is 3.91. The van der Waals surface area contributed by atoms with E-state index in [0.717, 1.165) is 22.9 Å². The molecule has 1 aliphatic carbocycles. The molecule has 3 rings (SSSR count). The van der Waals surface area contributed by atoms with Gasteiger partial charge in [0.05, 0.1) is 5.75 Å². The number of carbonyl (C=O) groups is 1. The monoisotopic (exact) mass is 291 g/mol.